The molecule has 2 amide bonds. The summed E-state index contributed by atoms with van der Waals surface area (Å²) in [7, 11) is 0. The number of amides is 2. The van der Waals surface area contributed by atoms with Crippen LogP contribution in [0.3, 0.4) is 0 Å². The number of rotatable bonds is 10. The Morgan fingerprint density at radius 2 is 1.27 bits per heavy atom. The van der Waals surface area contributed by atoms with Gasteiger partial charge in [0.2, 0.25) is 23.2 Å². The normalized spacial score (nSPS) is 12.5. The number of hydrogen-bond donors (Lipinski definition) is 6. The number of benzene rings is 4. The van der Waals surface area contributed by atoms with Gasteiger partial charge in [0.25, 0.3) is 11.8 Å². The molecule has 0 aliphatic rings. The number of nitrogens with zero attached hydrogens (tertiary/aromatic N) is 6. The van der Waals surface area contributed by atoms with Crippen molar-refractivity contribution in [3.8, 4) is 23.6 Å². The first-order chi connectivity index (χ1) is 28.5. The molecule has 0 unspecified atom stereocenters. The number of thiophene rings is 2. The number of aliphatic hydroxyl groups is 2. The molecule has 0 radical (unpaired) electrons. The van der Waals surface area contributed by atoms with Gasteiger partial charge in [-0.3, -0.25) is 20.4 Å². The number of aromatic nitrogens is 2. The average molecular weight is 821 g/mol. The molecule has 3 heterocycles. The highest BCUT2D eigenvalue weighted by Crippen LogP contribution is 2.38. The number of hydrazine groups is 1. The maximum Gasteiger partial charge on any atom is 0.269 e. The smallest absolute Gasteiger partial charge is 0.269 e. The zero-order valence-electron chi connectivity index (χ0n) is 31.2. The molecule has 0 saturated heterocycles. The summed E-state index contributed by atoms with van der Waals surface area (Å²) < 4.78 is 7.48. The monoisotopic (exact) mass is 820 g/mol. The molecule has 7 rings (SSSR count). The van der Waals surface area contributed by atoms with Crippen molar-refractivity contribution in [1.29, 1.82) is 10.5 Å². The van der Waals surface area contributed by atoms with Crippen LogP contribution in [0.5, 0.6) is 0 Å². The van der Waals surface area contributed by atoms with Gasteiger partial charge in [0.15, 0.2) is 0 Å². The van der Waals surface area contributed by atoms with Gasteiger partial charge in [-0.05, 0) is 97.4 Å². The third-order valence-electron chi connectivity index (χ3n) is 8.85. The summed E-state index contributed by atoms with van der Waals surface area (Å²) in [6.45, 7) is 17.7. The van der Waals surface area contributed by atoms with Crippen molar-refractivity contribution in [3.63, 3.8) is 0 Å². The van der Waals surface area contributed by atoms with Crippen LogP contribution < -0.4 is 21.5 Å². The highest BCUT2D eigenvalue weighted by molar-refractivity contribution is 7.18. The number of fused-ring (bicyclic) bond motifs is 2. The summed E-state index contributed by atoms with van der Waals surface area (Å²) in [5, 5.41) is 58.0. The van der Waals surface area contributed by atoms with E-state index in [9.17, 15) is 19.8 Å². The Balaban J connectivity index is 0.000000198. The molecule has 0 aliphatic heterocycles. The van der Waals surface area contributed by atoms with E-state index in [1.54, 1.807) is 49.4 Å². The van der Waals surface area contributed by atoms with Gasteiger partial charge in [0.05, 0.1) is 48.6 Å². The fourth-order valence-corrected chi connectivity index (χ4v) is 7.54. The molecule has 17 heteroatoms. The van der Waals surface area contributed by atoms with E-state index in [4.69, 9.17) is 28.1 Å². The number of nitrogens with one attached hydrogen (secondary N) is 4. The van der Waals surface area contributed by atoms with Crippen molar-refractivity contribution in [2.24, 2.45) is 0 Å². The van der Waals surface area contributed by atoms with E-state index in [0.29, 0.717) is 39.6 Å². The van der Waals surface area contributed by atoms with E-state index in [0.717, 1.165) is 25.9 Å². The molecule has 4 atom stereocenters. The fraction of sp³-hybridized carbons (Fsp3) is 0.143. The molecular formula is C42H32N10O5S2. The molecule has 59 heavy (non-hydrogen) atoms. The molecule has 3 aromatic heterocycles. The van der Waals surface area contributed by atoms with Crippen LogP contribution in [0.2, 0.25) is 0 Å². The van der Waals surface area contributed by atoms with Crippen LogP contribution in [0.25, 0.3) is 41.3 Å². The molecule has 0 bridgehead atoms. The number of anilines is 2. The Hall–Kier alpha value is -7.64. The second-order valence-electron chi connectivity index (χ2n) is 12.8. The highest BCUT2D eigenvalue weighted by atomic mass is 32.1. The largest absolute Gasteiger partial charge is 0.418 e. The Labute approximate surface area is 345 Å². The van der Waals surface area contributed by atoms with Crippen molar-refractivity contribution >= 4 is 77.4 Å². The summed E-state index contributed by atoms with van der Waals surface area (Å²) in [5.74, 6) is -0.638. The first kappa shape index (κ1) is 41.0. The lowest BCUT2D eigenvalue weighted by Crippen LogP contribution is -2.52. The number of carbonyl (C=O) groups excluding carboxylic acids is 2. The second-order valence-corrected chi connectivity index (χ2v) is 14.6. The molecule has 15 nitrogen and oxygen atoms in total. The van der Waals surface area contributed by atoms with Crippen molar-refractivity contribution in [3.05, 3.63) is 141 Å². The summed E-state index contributed by atoms with van der Waals surface area (Å²) in [4.78, 5) is 31.8. The maximum absolute atomic E-state index is 12.6. The van der Waals surface area contributed by atoms with Crippen LogP contribution in [-0.2, 0) is 4.79 Å². The number of hydrogen-bond acceptors (Lipinski definition) is 13. The molecular weight excluding hydrogens is 789 g/mol. The number of carbonyl (C=O) groups is 2. The first-order valence-corrected chi connectivity index (χ1v) is 19.4. The Morgan fingerprint density at radius 1 is 0.729 bits per heavy atom. The van der Waals surface area contributed by atoms with Crippen LogP contribution in [0, 0.1) is 35.8 Å². The number of aliphatic hydroxyl groups excluding tert-OH is 2. The van der Waals surface area contributed by atoms with Crippen LogP contribution in [0.15, 0.2) is 100 Å². The van der Waals surface area contributed by atoms with E-state index in [2.05, 4.69) is 47.4 Å². The van der Waals surface area contributed by atoms with Gasteiger partial charge in [-0.2, -0.15) is 33.2 Å². The van der Waals surface area contributed by atoms with Gasteiger partial charge in [-0.1, -0.05) is 12.1 Å². The SMILES string of the molecule is [C-]#[N+]c1ccc(N[C@@H](C(=O)NNC(=O)c2ccc(C#N)cc2)[C@@H](C)O)c2ccsc12.[C-]#[N+]c1ccc(N[C@@H](c2nnc(-c3ccc(C#N)cc3)o2)[C@@H](C)O)c2ccsc12. The zero-order chi connectivity index (χ0) is 42.1. The average Bonchev–Trinajstić information content (AvgIpc) is 4.06. The molecule has 7 aromatic rings. The molecule has 0 fully saturated rings. The van der Waals surface area contributed by atoms with Gasteiger partial charge >= 0.3 is 0 Å². The van der Waals surface area contributed by atoms with E-state index >= 15 is 0 Å². The molecule has 0 saturated carbocycles. The summed E-state index contributed by atoms with van der Waals surface area (Å²) in [6, 6.07) is 25.8. The third kappa shape index (κ3) is 9.33. The van der Waals surface area contributed by atoms with Gasteiger partial charge in [-0.15, -0.1) is 10.2 Å². The quantitative estimate of drug-likeness (QED) is 0.0577. The van der Waals surface area contributed by atoms with Gasteiger partial charge in [-0.25, -0.2) is 9.69 Å². The lowest BCUT2D eigenvalue weighted by atomic mass is 10.1. The summed E-state index contributed by atoms with van der Waals surface area (Å²) in [6.07, 6.45) is -1.87. The van der Waals surface area contributed by atoms with E-state index in [-0.39, 0.29) is 11.5 Å². The van der Waals surface area contributed by atoms with Gasteiger partial charge in [0, 0.05) is 42.7 Å². The molecule has 0 aliphatic carbocycles. The minimum Gasteiger partial charge on any atom is -0.418 e. The first-order valence-electron chi connectivity index (χ1n) is 17.6. The standard InChI is InChI=1S/C21H17N5O3S.C21H15N5O2S/c1-12(27)18(24-16-7-8-17(23-2)19-15(16)9-10-30-19)21(29)26-25-20(28)14-5-3-13(11-22)4-6-14;1-12(27)18(24-16-7-8-17(23-2)19-15(16)9-10-29-19)21-26-25-20(28-21)14-5-3-13(11-22)4-6-14/h3-10,12,18,24,27H,1H3,(H,25,28)(H,26,29);3-10,12,18,24,27H,1H3/t2*12-,18-/m11/s1. The van der Waals surface area contributed by atoms with Crippen molar-refractivity contribution in [2.75, 3.05) is 10.6 Å². The van der Waals surface area contributed by atoms with Crippen LogP contribution >= 0.6 is 22.7 Å². The van der Waals surface area contributed by atoms with Gasteiger partial charge < -0.3 is 25.3 Å². The van der Waals surface area contributed by atoms with Crippen molar-refractivity contribution < 1.29 is 24.2 Å². The second kappa shape index (κ2) is 18.5. The van der Waals surface area contributed by atoms with E-state index < -0.39 is 36.1 Å². The molecule has 292 valence electrons. The minimum atomic E-state index is -1.06. The van der Waals surface area contributed by atoms with Crippen molar-refractivity contribution in [1.82, 2.24) is 21.0 Å². The lowest BCUT2D eigenvalue weighted by Gasteiger charge is -2.22. The fourth-order valence-electron chi connectivity index (χ4n) is 5.78. The van der Waals surface area contributed by atoms with Gasteiger partial charge in [0.1, 0.15) is 12.1 Å². The molecule has 4 aromatic carbocycles. The molecule has 6 N–H and O–H groups in total. The molecule has 0 spiro atoms. The van der Waals surface area contributed by atoms with Crippen LogP contribution in [0.1, 0.15) is 47.3 Å². The topological polar surface area (TPSA) is 218 Å². The summed E-state index contributed by atoms with van der Waals surface area (Å²) in [5.41, 5.74) is 8.99. The predicted octanol–water partition coefficient (Wildman–Crippen LogP) is 7.85. The summed E-state index contributed by atoms with van der Waals surface area (Å²) >= 11 is 2.91. The van der Waals surface area contributed by atoms with Crippen LogP contribution in [0.4, 0.5) is 22.7 Å². The Morgan fingerprint density at radius 3 is 1.78 bits per heavy atom. The Bertz CT molecular complexity index is 2800. The Kier molecular flexibility index (Phi) is 12.9. The third-order valence-corrected chi connectivity index (χ3v) is 10.7. The van der Waals surface area contributed by atoms with E-state index in [1.807, 2.05) is 35.0 Å². The predicted molar refractivity (Wildman–Crippen MR) is 225 cm³/mol. The van der Waals surface area contributed by atoms with Crippen molar-refractivity contribution in [2.45, 2.75) is 38.1 Å². The lowest BCUT2D eigenvalue weighted by molar-refractivity contribution is -0.124. The minimum absolute atomic E-state index is 0.247. The zero-order valence-corrected chi connectivity index (χ0v) is 32.8. The number of nitriles is 2. The van der Waals surface area contributed by atoms with Crippen LogP contribution in [-0.4, -0.2) is 50.5 Å². The maximum atomic E-state index is 12.6. The highest BCUT2D eigenvalue weighted by Gasteiger charge is 2.27. The van der Waals surface area contributed by atoms with E-state index in [1.165, 1.54) is 53.9 Å².